The molecule has 0 aromatic carbocycles. The molecular formula is C16H32N2O. The molecule has 0 aromatic rings. The van der Waals surface area contributed by atoms with Gasteiger partial charge in [0.15, 0.2) is 0 Å². The molecule has 2 N–H and O–H groups in total. The van der Waals surface area contributed by atoms with E-state index < -0.39 is 0 Å². The highest BCUT2D eigenvalue weighted by molar-refractivity contribution is 4.99. The second-order valence-electron chi connectivity index (χ2n) is 6.65. The molecule has 0 radical (unpaired) electrons. The number of hydrogen-bond acceptors (Lipinski definition) is 3. The molecule has 2 unspecified atom stereocenters. The van der Waals surface area contributed by atoms with Crippen LogP contribution in [0.5, 0.6) is 0 Å². The van der Waals surface area contributed by atoms with Gasteiger partial charge in [-0.25, -0.2) is 0 Å². The number of hydrogen-bond donors (Lipinski definition) is 2. The van der Waals surface area contributed by atoms with Gasteiger partial charge in [0.05, 0.1) is 6.61 Å². The van der Waals surface area contributed by atoms with Crippen LogP contribution in [-0.4, -0.2) is 47.8 Å². The molecule has 2 aliphatic rings. The Morgan fingerprint density at radius 1 is 1.21 bits per heavy atom. The van der Waals surface area contributed by atoms with Crippen LogP contribution in [0, 0.1) is 5.92 Å². The molecule has 1 saturated carbocycles. The van der Waals surface area contributed by atoms with E-state index in [9.17, 15) is 5.11 Å². The van der Waals surface area contributed by atoms with Gasteiger partial charge in [-0.3, -0.25) is 0 Å². The number of nitrogens with one attached hydrogen (secondary N) is 1. The van der Waals surface area contributed by atoms with Crippen LogP contribution >= 0.6 is 0 Å². The van der Waals surface area contributed by atoms with E-state index in [2.05, 4.69) is 24.1 Å². The highest BCUT2D eigenvalue weighted by atomic mass is 16.3. The van der Waals surface area contributed by atoms with Crippen molar-refractivity contribution in [1.82, 2.24) is 10.2 Å². The normalized spacial score (nSPS) is 33.9. The Labute approximate surface area is 118 Å². The molecule has 0 bridgehead atoms. The van der Waals surface area contributed by atoms with Crippen molar-refractivity contribution < 1.29 is 5.11 Å². The number of aliphatic hydroxyl groups is 1. The minimum atomic E-state index is 0.0162. The van der Waals surface area contributed by atoms with Gasteiger partial charge >= 0.3 is 0 Å². The Morgan fingerprint density at radius 2 is 1.95 bits per heavy atom. The standard InChI is InChI=1S/C16H32N2O/c1-3-9-17-16(13-19)8-5-15(12-16)18-10-6-14(4-2)7-11-18/h14-15,17,19H,3-13H2,1-2H3. The molecule has 2 atom stereocenters. The van der Waals surface area contributed by atoms with Crippen LogP contribution in [0.25, 0.3) is 0 Å². The Hall–Kier alpha value is -0.120. The summed E-state index contributed by atoms with van der Waals surface area (Å²) in [6, 6.07) is 0.703. The highest BCUT2D eigenvalue weighted by Crippen LogP contribution is 2.35. The van der Waals surface area contributed by atoms with Crippen LogP contribution in [0.2, 0.25) is 0 Å². The summed E-state index contributed by atoms with van der Waals surface area (Å²) in [5.41, 5.74) is 0.0162. The second-order valence-corrected chi connectivity index (χ2v) is 6.65. The third-order valence-corrected chi connectivity index (χ3v) is 5.38. The fraction of sp³-hybridized carbons (Fsp3) is 1.00. The summed E-state index contributed by atoms with van der Waals surface area (Å²) in [5.74, 6) is 0.957. The van der Waals surface area contributed by atoms with Crippen LogP contribution in [-0.2, 0) is 0 Å². The summed E-state index contributed by atoms with van der Waals surface area (Å²) in [4.78, 5) is 2.69. The number of rotatable bonds is 6. The van der Waals surface area contributed by atoms with E-state index in [1.165, 1.54) is 38.8 Å². The van der Waals surface area contributed by atoms with Gasteiger partial charge in [-0.2, -0.15) is 0 Å². The van der Waals surface area contributed by atoms with Gasteiger partial charge in [-0.15, -0.1) is 0 Å². The predicted molar refractivity (Wildman–Crippen MR) is 80.3 cm³/mol. The lowest BCUT2D eigenvalue weighted by Crippen LogP contribution is -2.49. The molecule has 0 spiro atoms. The van der Waals surface area contributed by atoms with Crippen LogP contribution in [0.3, 0.4) is 0 Å². The molecule has 0 amide bonds. The van der Waals surface area contributed by atoms with Crippen LogP contribution < -0.4 is 5.32 Å². The lowest BCUT2D eigenvalue weighted by atomic mass is 9.92. The zero-order valence-electron chi connectivity index (χ0n) is 12.8. The van der Waals surface area contributed by atoms with Crippen molar-refractivity contribution in [3.63, 3.8) is 0 Å². The first-order valence-electron chi connectivity index (χ1n) is 8.33. The predicted octanol–water partition coefficient (Wildman–Crippen LogP) is 2.39. The van der Waals surface area contributed by atoms with Crippen molar-refractivity contribution in [2.24, 2.45) is 5.92 Å². The van der Waals surface area contributed by atoms with Gasteiger partial charge in [-0.1, -0.05) is 20.3 Å². The average molecular weight is 268 g/mol. The van der Waals surface area contributed by atoms with E-state index in [0.29, 0.717) is 12.6 Å². The molecule has 2 rings (SSSR count). The quantitative estimate of drug-likeness (QED) is 0.776. The molecule has 0 aromatic heterocycles. The van der Waals surface area contributed by atoms with Crippen LogP contribution in [0.1, 0.15) is 58.8 Å². The lowest BCUT2D eigenvalue weighted by molar-refractivity contribution is 0.113. The topological polar surface area (TPSA) is 35.5 Å². The Bertz CT molecular complexity index is 263. The molecule has 1 aliphatic heterocycles. The maximum atomic E-state index is 9.76. The first-order chi connectivity index (χ1) is 9.23. The van der Waals surface area contributed by atoms with E-state index in [1.807, 2.05) is 0 Å². The van der Waals surface area contributed by atoms with Gasteiger partial charge in [0, 0.05) is 11.6 Å². The maximum Gasteiger partial charge on any atom is 0.0613 e. The summed E-state index contributed by atoms with van der Waals surface area (Å²) < 4.78 is 0. The number of likely N-dealkylation sites (tertiary alicyclic amines) is 1. The Kier molecular flexibility index (Phi) is 5.67. The summed E-state index contributed by atoms with van der Waals surface area (Å²) in [5, 5.41) is 13.4. The minimum absolute atomic E-state index is 0.0162. The first kappa shape index (κ1) is 15.3. The van der Waals surface area contributed by atoms with Gasteiger partial charge in [-0.05, 0) is 64.1 Å². The minimum Gasteiger partial charge on any atom is -0.394 e. The molecule has 1 saturated heterocycles. The van der Waals surface area contributed by atoms with Crippen LogP contribution in [0.15, 0.2) is 0 Å². The third-order valence-electron chi connectivity index (χ3n) is 5.38. The van der Waals surface area contributed by atoms with Crippen molar-refractivity contribution in [1.29, 1.82) is 0 Å². The third kappa shape index (κ3) is 3.71. The smallest absolute Gasteiger partial charge is 0.0613 e. The molecule has 19 heavy (non-hydrogen) atoms. The van der Waals surface area contributed by atoms with E-state index in [-0.39, 0.29) is 5.54 Å². The molecular weight excluding hydrogens is 236 g/mol. The molecule has 3 nitrogen and oxygen atoms in total. The van der Waals surface area contributed by atoms with E-state index >= 15 is 0 Å². The van der Waals surface area contributed by atoms with Crippen molar-refractivity contribution in [2.45, 2.75) is 70.4 Å². The van der Waals surface area contributed by atoms with Gasteiger partial charge in [0.25, 0.3) is 0 Å². The summed E-state index contributed by atoms with van der Waals surface area (Å²) >= 11 is 0. The van der Waals surface area contributed by atoms with Gasteiger partial charge in [0.1, 0.15) is 0 Å². The Balaban J connectivity index is 1.83. The van der Waals surface area contributed by atoms with Crippen LogP contribution in [0.4, 0.5) is 0 Å². The second kappa shape index (κ2) is 7.05. The van der Waals surface area contributed by atoms with Crippen molar-refractivity contribution in [3.8, 4) is 0 Å². The first-order valence-corrected chi connectivity index (χ1v) is 8.33. The number of aliphatic hydroxyl groups excluding tert-OH is 1. The summed E-state index contributed by atoms with van der Waals surface area (Å²) in [7, 11) is 0. The van der Waals surface area contributed by atoms with E-state index in [1.54, 1.807) is 0 Å². The van der Waals surface area contributed by atoms with Crippen molar-refractivity contribution >= 4 is 0 Å². The highest BCUT2D eigenvalue weighted by Gasteiger charge is 2.40. The fourth-order valence-electron chi connectivity index (χ4n) is 3.89. The largest absolute Gasteiger partial charge is 0.394 e. The molecule has 1 aliphatic carbocycles. The number of nitrogens with zero attached hydrogens (tertiary/aromatic N) is 1. The Morgan fingerprint density at radius 3 is 2.53 bits per heavy atom. The molecule has 3 heteroatoms. The monoisotopic (exact) mass is 268 g/mol. The van der Waals surface area contributed by atoms with Gasteiger partial charge in [0.2, 0.25) is 0 Å². The van der Waals surface area contributed by atoms with E-state index in [4.69, 9.17) is 0 Å². The average Bonchev–Trinajstić information content (AvgIpc) is 2.90. The lowest BCUT2D eigenvalue weighted by Gasteiger charge is -2.37. The molecule has 1 heterocycles. The van der Waals surface area contributed by atoms with E-state index in [0.717, 1.165) is 31.7 Å². The molecule has 112 valence electrons. The SMILES string of the molecule is CCCNC1(CO)CCC(N2CCC(CC)CC2)C1. The molecule has 2 fully saturated rings. The summed E-state index contributed by atoms with van der Waals surface area (Å²) in [6.45, 7) is 8.40. The van der Waals surface area contributed by atoms with Crippen molar-refractivity contribution in [2.75, 3.05) is 26.2 Å². The number of piperidine rings is 1. The summed E-state index contributed by atoms with van der Waals surface area (Å²) in [6.07, 6.45) is 8.78. The maximum absolute atomic E-state index is 9.76. The zero-order valence-corrected chi connectivity index (χ0v) is 12.8. The van der Waals surface area contributed by atoms with Gasteiger partial charge < -0.3 is 15.3 Å². The van der Waals surface area contributed by atoms with Crippen molar-refractivity contribution in [3.05, 3.63) is 0 Å². The zero-order chi connectivity index (χ0) is 13.7. The fourth-order valence-corrected chi connectivity index (χ4v) is 3.89.